The Hall–Kier alpha value is -1.33. The molecule has 1 aliphatic heterocycles. The smallest absolute Gasteiger partial charge is 0.237 e. The number of carbonyl (C=O) groups excluding carboxylic acids is 1. The highest BCUT2D eigenvalue weighted by Crippen LogP contribution is 2.29. The number of aryl methyl sites for hydroxylation is 1. The quantitative estimate of drug-likeness (QED) is 0.870. The lowest BCUT2D eigenvalue weighted by Gasteiger charge is -2.33. The Morgan fingerprint density at radius 1 is 1.41 bits per heavy atom. The maximum atomic E-state index is 12.7. The lowest BCUT2D eigenvalue weighted by molar-refractivity contribution is -0.134. The van der Waals surface area contributed by atoms with Crippen LogP contribution in [0.5, 0.6) is 0 Å². The Morgan fingerprint density at radius 3 is 2.86 bits per heavy atom. The third-order valence-electron chi connectivity index (χ3n) is 4.65. The van der Waals surface area contributed by atoms with Crippen molar-refractivity contribution in [1.82, 2.24) is 9.80 Å². The van der Waals surface area contributed by atoms with Gasteiger partial charge in [0.1, 0.15) is 11.5 Å². The predicted molar refractivity (Wildman–Crippen MR) is 83.3 cm³/mol. The fourth-order valence-electron chi connectivity index (χ4n) is 3.27. The predicted octanol–water partition coefficient (Wildman–Crippen LogP) is 1.78. The maximum absolute atomic E-state index is 12.7. The zero-order valence-corrected chi connectivity index (χ0v) is 13.3. The summed E-state index contributed by atoms with van der Waals surface area (Å²) >= 11 is 0. The number of aliphatic hydroxyl groups excluding tert-OH is 1. The minimum absolute atomic E-state index is 0.190. The second-order valence-corrected chi connectivity index (χ2v) is 6.69. The second kappa shape index (κ2) is 6.84. The molecule has 0 bridgehead atoms. The van der Waals surface area contributed by atoms with E-state index in [0.717, 1.165) is 50.3 Å². The minimum atomic E-state index is 0.190. The number of furan rings is 1. The van der Waals surface area contributed by atoms with Crippen LogP contribution in [0.4, 0.5) is 0 Å². The zero-order valence-electron chi connectivity index (χ0n) is 13.3. The average molecular weight is 306 g/mol. The first kappa shape index (κ1) is 15.6. The van der Waals surface area contributed by atoms with E-state index in [1.54, 1.807) is 0 Å². The standard InChI is InChI=1S/C17H26N2O3/c1-13-4-7-16(22-13)10-19(15-5-6-15)17(21)11-18-8-2-3-14(9-18)12-20/h4,7,14-15,20H,2-3,5-6,8-12H2,1H3/t14-/m0/s1. The molecule has 0 unspecified atom stereocenters. The van der Waals surface area contributed by atoms with Gasteiger partial charge in [-0.1, -0.05) is 0 Å². The number of nitrogens with zero attached hydrogens (tertiary/aromatic N) is 2. The lowest BCUT2D eigenvalue weighted by atomic mass is 9.99. The molecule has 0 spiro atoms. The summed E-state index contributed by atoms with van der Waals surface area (Å²) in [5.41, 5.74) is 0. The van der Waals surface area contributed by atoms with Gasteiger partial charge in [0.25, 0.3) is 0 Å². The van der Waals surface area contributed by atoms with Gasteiger partial charge < -0.3 is 14.4 Å². The van der Waals surface area contributed by atoms with Crippen molar-refractivity contribution in [1.29, 1.82) is 0 Å². The molecule has 1 saturated heterocycles. The summed E-state index contributed by atoms with van der Waals surface area (Å²) in [6.45, 7) is 4.99. The monoisotopic (exact) mass is 306 g/mol. The molecule has 1 N–H and O–H groups in total. The normalized spacial score (nSPS) is 22.7. The van der Waals surface area contributed by atoms with E-state index in [9.17, 15) is 9.90 Å². The molecule has 2 aliphatic rings. The molecule has 0 aromatic carbocycles. The van der Waals surface area contributed by atoms with E-state index in [4.69, 9.17) is 4.42 Å². The van der Waals surface area contributed by atoms with Crippen LogP contribution in [0.3, 0.4) is 0 Å². The van der Waals surface area contributed by atoms with E-state index < -0.39 is 0 Å². The molecular formula is C17H26N2O3. The van der Waals surface area contributed by atoms with Crippen molar-refractivity contribution in [3.63, 3.8) is 0 Å². The molecule has 1 saturated carbocycles. The van der Waals surface area contributed by atoms with Gasteiger partial charge in [-0.25, -0.2) is 0 Å². The highest BCUT2D eigenvalue weighted by Gasteiger charge is 2.34. The first-order valence-electron chi connectivity index (χ1n) is 8.33. The molecule has 3 rings (SSSR count). The van der Waals surface area contributed by atoms with Gasteiger partial charge in [-0.2, -0.15) is 0 Å². The number of carbonyl (C=O) groups is 1. The second-order valence-electron chi connectivity index (χ2n) is 6.69. The van der Waals surface area contributed by atoms with Gasteiger partial charge in [0.2, 0.25) is 5.91 Å². The van der Waals surface area contributed by atoms with Crippen LogP contribution in [0, 0.1) is 12.8 Å². The van der Waals surface area contributed by atoms with Gasteiger partial charge in [-0.3, -0.25) is 9.69 Å². The van der Waals surface area contributed by atoms with Crippen molar-refractivity contribution < 1.29 is 14.3 Å². The third kappa shape index (κ3) is 3.90. The molecule has 1 amide bonds. The van der Waals surface area contributed by atoms with Gasteiger partial charge in [-0.05, 0) is 57.2 Å². The van der Waals surface area contributed by atoms with E-state index in [-0.39, 0.29) is 12.5 Å². The SMILES string of the molecule is Cc1ccc(CN(C(=O)CN2CCC[C@H](CO)C2)C2CC2)o1. The Balaban J connectivity index is 1.58. The first-order valence-corrected chi connectivity index (χ1v) is 8.33. The summed E-state index contributed by atoms with van der Waals surface area (Å²) in [6, 6.07) is 4.29. The van der Waals surface area contributed by atoms with Crippen LogP contribution in [-0.4, -0.2) is 53.1 Å². The van der Waals surface area contributed by atoms with Crippen LogP contribution in [0.1, 0.15) is 37.2 Å². The molecule has 5 heteroatoms. The molecule has 1 aromatic rings. The number of hydrogen-bond acceptors (Lipinski definition) is 4. The van der Waals surface area contributed by atoms with E-state index in [0.29, 0.717) is 25.0 Å². The van der Waals surface area contributed by atoms with Crippen LogP contribution >= 0.6 is 0 Å². The number of amides is 1. The highest BCUT2D eigenvalue weighted by atomic mass is 16.3. The van der Waals surface area contributed by atoms with E-state index in [1.165, 1.54) is 0 Å². The molecule has 0 radical (unpaired) electrons. The molecule has 1 aromatic heterocycles. The van der Waals surface area contributed by atoms with E-state index >= 15 is 0 Å². The van der Waals surface area contributed by atoms with Crippen LogP contribution < -0.4 is 0 Å². The van der Waals surface area contributed by atoms with Gasteiger partial charge in [0.15, 0.2) is 0 Å². The maximum Gasteiger partial charge on any atom is 0.237 e. The molecule has 122 valence electrons. The summed E-state index contributed by atoms with van der Waals surface area (Å²) in [6.07, 6.45) is 4.34. The van der Waals surface area contributed by atoms with Crippen molar-refractivity contribution in [2.75, 3.05) is 26.2 Å². The molecule has 22 heavy (non-hydrogen) atoms. The molecular weight excluding hydrogens is 280 g/mol. The molecule has 2 heterocycles. The van der Waals surface area contributed by atoms with E-state index in [1.807, 2.05) is 24.0 Å². The molecule has 1 aliphatic carbocycles. The number of piperidine rings is 1. The first-order chi connectivity index (χ1) is 10.7. The van der Waals surface area contributed by atoms with Crippen LogP contribution in [0.25, 0.3) is 0 Å². The number of likely N-dealkylation sites (tertiary alicyclic amines) is 1. The van der Waals surface area contributed by atoms with E-state index in [2.05, 4.69) is 4.90 Å². The Kier molecular flexibility index (Phi) is 4.84. The average Bonchev–Trinajstić information content (AvgIpc) is 3.27. The van der Waals surface area contributed by atoms with Gasteiger partial charge >= 0.3 is 0 Å². The summed E-state index contributed by atoms with van der Waals surface area (Å²) in [7, 11) is 0. The molecule has 2 fully saturated rings. The van der Waals surface area contributed by atoms with Crippen LogP contribution in [0.2, 0.25) is 0 Å². The minimum Gasteiger partial charge on any atom is -0.464 e. The fraction of sp³-hybridized carbons (Fsp3) is 0.706. The third-order valence-corrected chi connectivity index (χ3v) is 4.65. The Labute approximate surface area is 131 Å². The van der Waals surface area contributed by atoms with Crippen molar-refractivity contribution in [2.24, 2.45) is 5.92 Å². The van der Waals surface area contributed by atoms with Crippen LogP contribution in [-0.2, 0) is 11.3 Å². The summed E-state index contributed by atoms with van der Waals surface area (Å²) in [4.78, 5) is 16.8. The van der Waals surface area contributed by atoms with Crippen molar-refractivity contribution in [2.45, 2.75) is 45.2 Å². The van der Waals surface area contributed by atoms with Gasteiger partial charge in [0.05, 0.1) is 13.1 Å². The van der Waals surface area contributed by atoms with Crippen molar-refractivity contribution in [3.8, 4) is 0 Å². The highest BCUT2D eigenvalue weighted by molar-refractivity contribution is 5.79. The Morgan fingerprint density at radius 2 is 2.23 bits per heavy atom. The van der Waals surface area contributed by atoms with Crippen molar-refractivity contribution in [3.05, 3.63) is 23.7 Å². The number of hydrogen-bond donors (Lipinski definition) is 1. The largest absolute Gasteiger partial charge is 0.464 e. The molecule has 1 atom stereocenters. The summed E-state index contributed by atoms with van der Waals surface area (Å²) in [5, 5.41) is 9.31. The zero-order chi connectivity index (χ0) is 15.5. The topological polar surface area (TPSA) is 56.9 Å². The summed E-state index contributed by atoms with van der Waals surface area (Å²) < 4.78 is 5.63. The Bertz CT molecular complexity index is 510. The fourth-order valence-corrected chi connectivity index (χ4v) is 3.27. The van der Waals surface area contributed by atoms with Crippen molar-refractivity contribution >= 4 is 5.91 Å². The van der Waals surface area contributed by atoms with Crippen LogP contribution in [0.15, 0.2) is 16.5 Å². The number of aliphatic hydroxyl groups is 1. The van der Waals surface area contributed by atoms with Gasteiger partial charge in [-0.15, -0.1) is 0 Å². The summed E-state index contributed by atoms with van der Waals surface area (Å²) in [5.74, 6) is 2.27. The molecule has 5 nitrogen and oxygen atoms in total. The van der Waals surface area contributed by atoms with Gasteiger partial charge in [0, 0.05) is 19.2 Å². The number of rotatable bonds is 6. The lowest BCUT2D eigenvalue weighted by Crippen LogP contribution is -2.45.